The van der Waals surface area contributed by atoms with Crippen LogP contribution < -0.4 is 16.0 Å². The molecule has 1 saturated carbocycles. The van der Waals surface area contributed by atoms with Gasteiger partial charge in [0.2, 0.25) is 0 Å². The number of nitrogens with one attached hydrogen (secondary N) is 1. The lowest BCUT2D eigenvalue weighted by atomic mass is 10.0. The predicted octanol–water partition coefficient (Wildman–Crippen LogP) is 2.58. The summed E-state index contributed by atoms with van der Waals surface area (Å²) in [4.78, 5) is 1.09. The fourth-order valence-corrected chi connectivity index (χ4v) is 3.07. The Kier molecular flexibility index (Phi) is 4.48. The van der Waals surface area contributed by atoms with E-state index in [9.17, 15) is 0 Å². The van der Waals surface area contributed by atoms with Crippen molar-refractivity contribution in [2.75, 3.05) is 0 Å². The third-order valence-corrected chi connectivity index (χ3v) is 4.37. The van der Waals surface area contributed by atoms with E-state index in [0.29, 0.717) is 6.10 Å². The minimum absolute atomic E-state index is 0.0680. The normalized spacial score (nSPS) is 15.9. The van der Waals surface area contributed by atoms with Gasteiger partial charge in [-0.2, -0.15) is 0 Å². The molecule has 0 bridgehead atoms. The molecule has 1 heterocycles. The average molecular weight is 304 g/mol. The van der Waals surface area contributed by atoms with Crippen LogP contribution in [0.1, 0.15) is 48.4 Å². The van der Waals surface area contributed by atoms with Gasteiger partial charge in [0.15, 0.2) is 0 Å². The summed E-state index contributed by atoms with van der Waals surface area (Å²) in [5.74, 6) is 6.68. The summed E-state index contributed by atoms with van der Waals surface area (Å²) in [5, 5.41) is 4.21. The molecule has 1 aromatic carbocycles. The summed E-state index contributed by atoms with van der Waals surface area (Å²) in [5.41, 5.74) is 5.01. The second-order valence-electron chi connectivity index (χ2n) is 5.32. The van der Waals surface area contributed by atoms with E-state index < -0.39 is 0 Å². The van der Waals surface area contributed by atoms with Crippen LogP contribution in [0.3, 0.4) is 0 Å². The fourth-order valence-electron chi connectivity index (χ4n) is 2.29. The molecule has 0 radical (unpaired) electrons. The van der Waals surface area contributed by atoms with E-state index in [-0.39, 0.29) is 6.04 Å². The Morgan fingerprint density at radius 2 is 2.14 bits per heavy atom. The van der Waals surface area contributed by atoms with Gasteiger partial charge in [-0.3, -0.25) is 5.84 Å². The number of ether oxygens (including phenoxy) is 1. The number of aromatic nitrogens is 2. The van der Waals surface area contributed by atoms with Crippen LogP contribution >= 0.6 is 11.5 Å². The summed E-state index contributed by atoms with van der Waals surface area (Å²) < 4.78 is 9.84. The van der Waals surface area contributed by atoms with Gasteiger partial charge in [-0.05, 0) is 48.5 Å². The zero-order valence-electron chi connectivity index (χ0n) is 12.1. The second-order valence-corrected chi connectivity index (χ2v) is 6.11. The molecule has 1 fully saturated rings. The molecule has 6 heteroatoms. The molecule has 2 aromatic rings. The Bertz CT molecular complexity index is 580. The quantitative estimate of drug-likeness (QED) is 0.607. The van der Waals surface area contributed by atoms with Crippen molar-refractivity contribution >= 4 is 11.5 Å². The molecule has 0 spiro atoms. The SMILES string of the molecule is CCCc1nnsc1C(NN)c1ccc(OC2CC2)cc1. The first-order chi connectivity index (χ1) is 10.3. The van der Waals surface area contributed by atoms with Crippen LogP contribution in [0, 0.1) is 0 Å². The summed E-state index contributed by atoms with van der Waals surface area (Å²) in [6.07, 6.45) is 4.72. The maximum absolute atomic E-state index is 5.77. The highest BCUT2D eigenvalue weighted by Gasteiger charge is 2.24. The Morgan fingerprint density at radius 3 is 2.76 bits per heavy atom. The smallest absolute Gasteiger partial charge is 0.119 e. The number of nitrogens with two attached hydrogens (primary N) is 1. The molecule has 0 saturated heterocycles. The van der Waals surface area contributed by atoms with Crippen molar-refractivity contribution in [3.05, 3.63) is 40.4 Å². The Morgan fingerprint density at radius 1 is 1.38 bits per heavy atom. The van der Waals surface area contributed by atoms with Crippen LogP contribution in [0.25, 0.3) is 0 Å². The van der Waals surface area contributed by atoms with Gasteiger partial charge in [-0.25, -0.2) is 5.43 Å². The first-order valence-corrected chi connectivity index (χ1v) is 8.13. The number of benzene rings is 1. The Labute approximate surface area is 128 Å². The van der Waals surface area contributed by atoms with Crippen LogP contribution in [0.4, 0.5) is 0 Å². The van der Waals surface area contributed by atoms with E-state index in [2.05, 4.69) is 34.1 Å². The Hall–Kier alpha value is -1.50. The number of hydrogen-bond donors (Lipinski definition) is 2. The first-order valence-electron chi connectivity index (χ1n) is 7.35. The van der Waals surface area contributed by atoms with Crippen molar-refractivity contribution < 1.29 is 4.74 Å². The molecule has 1 aliphatic rings. The van der Waals surface area contributed by atoms with Gasteiger partial charge < -0.3 is 4.74 Å². The lowest BCUT2D eigenvalue weighted by Gasteiger charge is -2.16. The van der Waals surface area contributed by atoms with Crippen LogP contribution in [-0.4, -0.2) is 15.7 Å². The molecule has 3 N–H and O–H groups in total. The highest BCUT2D eigenvalue weighted by molar-refractivity contribution is 7.05. The number of aryl methyl sites for hydroxylation is 1. The summed E-state index contributed by atoms with van der Waals surface area (Å²) >= 11 is 1.41. The van der Waals surface area contributed by atoms with Gasteiger partial charge in [0.1, 0.15) is 5.75 Å². The van der Waals surface area contributed by atoms with Crippen LogP contribution in [0.15, 0.2) is 24.3 Å². The minimum Gasteiger partial charge on any atom is -0.490 e. The van der Waals surface area contributed by atoms with E-state index in [1.54, 1.807) is 0 Å². The van der Waals surface area contributed by atoms with Crippen molar-refractivity contribution in [3.8, 4) is 5.75 Å². The lowest BCUT2D eigenvalue weighted by Crippen LogP contribution is -2.28. The highest BCUT2D eigenvalue weighted by Crippen LogP contribution is 2.30. The number of hydrogen-bond acceptors (Lipinski definition) is 6. The standard InChI is InChI=1S/C15H20N4OS/c1-2-3-13-15(21-19-18-13)14(17-16)10-4-6-11(7-5-10)20-12-8-9-12/h4-7,12,14,17H,2-3,8-9,16H2,1H3. The topological polar surface area (TPSA) is 73.1 Å². The number of rotatable bonds is 7. The molecule has 1 aromatic heterocycles. The fraction of sp³-hybridized carbons (Fsp3) is 0.467. The summed E-state index contributed by atoms with van der Waals surface area (Å²) in [6, 6.07) is 8.05. The first kappa shape index (κ1) is 14.4. The van der Waals surface area contributed by atoms with E-state index in [1.165, 1.54) is 24.4 Å². The van der Waals surface area contributed by atoms with Gasteiger partial charge in [-0.15, -0.1) is 5.10 Å². The lowest BCUT2D eigenvalue weighted by molar-refractivity contribution is 0.303. The molecule has 0 amide bonds. The number of nitrogens with zero attached hydrogens (tertiary/aromatic N) is 2. The highest BCUT2D eigenvalue weighted by atomic mass is 32.1. The molecule has 1 atom stereocenters. The van der Waals surface area contributed by atoms with E-state index in [1.807, 2.05) is 12.1 Å². The van der Waals surface area contributed by atoms with Gasteiger partial charge in [-0.1, -0.05) is 30.0 Å². The summed E-state index contributed by atoms with van der Waals surface area (Å²) in [6.45, 7) is 2.14. The molecular formula is C15H20N4OS. The zero-order valence-corrected chi connectivity index (χ0v) is 12.9. The second kappa shape index (κ2) is 6.51. The van der Waals surface area contributed by atoms with Crippen molar-refractivity contribution in [3.63, 3.8) is 0 Å². The van der Waals surface area contributed by atoms with Gasteiger partial charge >= 0.3 is 0 Å². The summed E-state index contributed by atoms with van der Waals surface area (Å²) in [7, 11) is 0. The van der Waals surface area contributed by atoms with Crippen molar-refractivity contribution in [2.24, 2.45) is 5.84 Å². The van der Waals surface area contributed by atoms with Gasteiger partial charge in [0.05, 0.1) is 22.7 Å². The molecular weight excluding hydrogens is 284 g/mol. The van der Waals surface area contributed by atoms with Gasteiger partial charge in [0, 0.05) is 0 Å². The Balaban J connectivity index is 1.79. The maximum atomic E-state index is 5.77. The van der Waals surface area contributed by atoms with Crippen molar-refractivity contribution in [1.82, 2.24) is 15.0 Å². The molecule has 5 nitrogen and oxygen atoms in total. The number of hydrazine groups is 1. The average Bonchev–Trinajstić information content (AvgIpc) is 3.20. The van der Waals surface area contributed by atoms with Crippen LogP contribution in [0.5, 0.6) is 5.75 Å². The van der Waals surface area contributed by atoms with Crippen molar-refractivity contribution in [1.29, 1.82) is 0 Å². The molecule has 1 aliphatic carbocycles. The third-order valence-electron chi connectivity index (χ3n) is 3.54. The minimum atomic E-state index is -0.0680. The van der Waals surface area contributed by atoms with E-state index >= 15 is 0 Å². The molecule has 0 aliphatic heterocycles. The molecule has 3 rings (SSSR count). The third kappa shape index (κ3) is 3.40. The van der Waals surface area contributed by atoms with Crippen molar-refractivity contribution in [2.45, 2.75) is 44.8 Å². The largest absolute Gasteiger partial charge is 0.490 e. The van der Waals surface area contributed by atoms with Crippen LogP contribution in [-0.2, 0) is 6.42 Å². The van der Waals surface area contributed by atoms with E-state index in [0.717, 1.165) is 34.7 Å². The predicted molar refractivity (Wildman–Crippen MR) is 83.2 cm³/mol. The molecule has 1 unspecified atom stereocenters. The van der Waals surface area contributed by atoms with Crippen LogP contribution in [0.2, 0.25) is 0 Å². The monoisotopic (exact) mass is 304 g/mol. The maximum Gasteiger partial charge on any atom is 0.119 e. The molecule has 21 heavy (non-hydrogen) atoms. The van der Waals surface area contributed by atoms with E-state index in [4.69, 9.17) is 10.6 Å². The zero-order chi connectivity index (χ0) is 14.7. The van der Waals surface area contributed by atoms with Gasteiger partial charge in [0.25, 0.3) is 0 Å². The molecule has 112 valence electrons.